The Morgan fingerprint density at radius 1 is 1.21 bits per heavy atom. The Hall–Kier alpha value is -1.83. The van der Waals surface area contributed by atoms with Crippen molar-refractivity contribution < 1.29 is 19.5 Å². The van der Waals surface area contributed by atoms with Gasteiger partial charge in [0.15, 0.2) is 0 Å². The van der Waals surface area contributed by atoms with E-state index in [2.05, 4.69) is 20.9 Å². The summed E-state index contributed by atoms with van der Waals surface area (Å²) < 4.78 is 0. The van der Waals surface area contributed by atoms with Gasteiger partial charge in [0.2, 0.25) is 5.91 Å². The summed E-state index contributed by atoms with van der Waals surface area (Å²) in [5.74, 6) is -1.65. The Balaban J connectivity index is 2.10. The van der Waals surface area contributed by atoms with Crippen molar-refractivity contribution in [3.8, 4) is 0 Å². The molecule has 0 saturated carbocycles. The number of likely N-dealkylation sites (tertiary alicyclic amines) is 1. The van der Waals surface area contributed by atoms with Crippen LogP contribution in [0, 0.1) is 0 Å². The number of carboxylic acid groups (broad SMARTS) is 1. The molecule has 1 fully saturated rings. The average molecular weight is 272 g/mol. The van der Waals surface area contributed by atoms with E-state index in [1.807, 2.05) is 7.05 Å². The van der Waals surface area contributed by atoms with Crippen LogP contribution in [0.15, 0.2) is 0 Å². The molecule has 0 spiro atoms. The Morgan fingerprint density at radius 3 is 2.53 bits per heavy atom. The van der Waals surface area contributed by atoms with Crippen LogP contribution in [-0.4, -0.2) is 67.2 Å². The first-order valence-electron chi connectivity index (χ1n) is 6.19. The first-order valence-corrected chi connectivity index (χ1v) is 6.19. The SMILES string of the molecule is CN1CCCC1CNC(=O)NCC(=O)NCC(=O)O. The van der Waals surface area contributed by atoms with Crippen molar-refractivity contribution in [2.24, 2.45) is 0 Å². The molecule has 0 radical (unpaired) electrons. The molecule has 1 aliphatic rings. The number of hydrogen-bond acceptors (Lipinski definition) is 4. The van der Waals surface area contributed by atoms with Crippen molar-refractivity contribution in [1.29, 1.82) is 0 Å². The lowest BCUT2D eigenvalue weighted by Crippen LogP contribution is -2.46. The van der Waals surface area contributed by atoms with Crippen LogP contribution in [0.1, 0.15) is 12.8 Å². The summed E-state index contributed by atoms with van der Waals surface area (Å²) in [7, 11) is 2.01. The van der Waals surface area contributed by atoms with Crippen molar-refractivity contribution in [2.75, 3.05) is 33.2 Å². The van der Waals surface area contributed by atoms with Gasteiger partial charge in [0.1, 0.15) is 6.54 Å². The number of carbonyl (C=O) groups excluding carboxylic acids is 2. The van der Waals surface area contributed by atoms with Gasteiger partial charge in [-0.3, -0.25) is 9.59 Å². The third-order valence-electron chi connectivity index (χ3n) is 3.02. The van der Waals surface area contributed by atoms with E-state index < -0.39 is 24.5 Å². The van der Waals surface area contributed by atoms with E-state index >= 15 is 0 Å². The predicted octanol–water partition coefficient (Wildman–Crippen LogP) is -1.42. The summed E-state index contributed by atoms with van der Waals surface area (Å²) >= 11 is 0. The number of hydrogen-bond donors (Lipinski definition) is 4. The van der Waals surface area contributed by atoms with Crippen LogP contribution in [0.4, 0.5) is 4.79 Å². The summed E-state index contributed by atoms with van der Waals surface area (Å²) in [6, 6.07) is -0.0858. The summed E-state index contributed by atoms with van der Waals surface area (Å²) in [6.07, 6.45) is 2.18. The fourth-order valence-electron chi connectivity index (χ4n) is 1.91. The second kappa shape index (κ2) is 7.57. The van der Waals surface area contributed by atoms with Crippen LogP contribution in [0.2, 0.25) is 0 Å². The largest absolute Gasteiger partial charge is 0.480 e. The molecular formula is C11H20N4O4. The molecule has 1 aliphatic heterocycles. The number of nitrogens with one attached hydrogen (secondary N) is 3. The topological polar surface area (TPSA) is 111 Å². The third kappa shape index (κ3) is 6.05. The van der Waals surface area contributed by atoms with Crippen LogP contribution in [0.25, 0.3) is 0 Å². The Bertz CT molecular complexity index is 348. The molecule has 108 valence electrons. The molecule has 0 aliphatic carbocycles. The van der Waals surface area contributed by atoms with E-state index in [1.165, 1.54) is 0 Å². The van der Waals surface area contributed by atoms with E-state index in [4.69, 9.17) is 5.11 Å². The molecule has 0 aromatic heterocycles. The van der Waals surface area contributed by atoms with Gasteiger partial charge in [-0.2, -0.15) is 0 Å². The second-order valence-corrected chi connectivity index (χ2v) is 4.51. The van der Waals surface area contributed by atoms with Crippen LogP contribution in [0.3, 0.4) is 0 Å². The zero-order chi connectivity index (χ0) is 14.3. The molecule has 1 unspecified atom stereocenters. The van der Waals surface area contributed by atoms with E-state index in [0.717, 1.165) is 19.4 Å². The van der Waals surface area contributed by atoms with Crippen LogP contribution in [0.5, 0.6) is 0 Å². The number of likely N-dealkylation sites (N-methyl/N-ethyl adjacent to an activating group) is 1. The van der Waals surface area contributed by atoms with Crippen molar-refractivity contribution >= 4 is 17.9 Å². The first kappa shape index (κ1) is 15.2. The van der Waals surface area contributed by atoms with Crippen molar-refractivity contribution in [1.82, 2.24) is 20.9 Å². The molecular weight excluding hydrogens is 252 g/mol. The number of carboxylic acids is 1. The summed E-state index contributed by atoms with van der Waals surface area (Å²) in [5.41, 5.74) is 0. The van der Waals surface area contributed by atoms with E-state index in [0.29, 0.717) is 12.6 Å². The number of aliphatic carboxylic acids is 1. The Kier molecular flexibility index (Phi) is 6.07. The van der Waals surface area contributed by atoms with Crippen LogP contribution >= 0.6 is 0 Å². The van der Waals surface area contributed by atoms with E-state index in [-0.39, 0.29) is 6.54 Å². The maximum atomic E-state index is 11.4. The quantitative estimate of drug-likeness (QED) is 0.474. The summed E-state index contributed by atoms with van der Waals surface area (Å²) in [6.45, 7) is 0.888. The van der Waals surface area contributed by atoms with Gasteiger partial charge in [0.05, 0.1) is 6.54 Å². The van der Waals surface area contributed by atoms with Crippen molar-refractivity contribution in [3.63, 3.8) is 0 Å². The lowest BCUT2D eigenvalue weighted by molar-refractivity contribution is -0.137. The van der Waals surface area contributed by atoms with Gasteiger partial charge < -0.3 is 26.0 Å². The molecule has 8 nitrogen and oxygen atoms in total. The highest BCUT2D eigenvalue weighted by molar-refractivity contribution is 5.86. The number of rotatable bonds is 6. The molecule has 1 saturated heterocycles. The van der Waals surface area contributed by atoms with Gasteiger partial charge >= 0.3 is 12.0 Å². The van der Waals surface area contributed by atoms with Gasteiger partial charge in [-0.1, -0.05) is 0 Å². The third-order valence-corrected chi connectivity index (χ3v) is 3.02. The fraction of sp³-hybridized carbons (Fsp3) is 0.727. The fourth-order valence-corrected chi connectivity index (χ4v) is 1.91. The molecule has 0 bridgehead atoms. The van der Waals surface area contributed by atoms with Gasteiger partial charge in [-0.25, -0.2) is 4.79 Å². The van der Waals surface area contributed by atoms with Gasteiger partial charge in [-0.05, 0) is 26.4 Å². The van der Waals surface area contributed by atoms with Crippen LogP contribution < -0.4 is 16.0 Å². The van der Waals surface area contributed by atoms with E-state index in [1.54, 1.807) is 0 Å². The lowest BCUT2D eigenvalue weighted by Gasteiger charge is -2.19. The highest BCUT2D eigenvalue weighted by atomic mass is 16.4. The molecule has 1 rings (SSSR count). The maximum absolute atomic E-state index is 11.4. The Morgan fingerprint density at radius 2 is 1.95 bits per heavy atom. The van der Waals surface area contributed by atoms with Gasteiger partial charge in [-0.15, -0.1) is 0 Å². The zero-order valence-electron chi connectivity index (χ0n) is 10.9. The second-order valence-electron chi connectivity index (χ2n) is 4.51. The Labute approximate surface area is 111 Å². The number of carbonyl (C=O) groups is 3. The minimum absolute atomic E-state index is 0.236. The molecule has 1 heterocycles. The number of amides is 3. The highest BCUT2D eigenvalue weighted by Gasteiger charge is 2.20. The zero-order valence-corrected chi connectivity index (χ0v) is 10.9. The summed E-state index contributed by atoms with van der Waals surface area (Å²) in [4.78, 5) is 34.9. The number of urea groups is 1. The normalized spacial score (nSPS) is 18.9. The molecule has 1 atom stereocenters. The molecule has 0 aromatic rings. The predicted molar refractivity (Wildman–Crippen MR) is 67.7 cm³/mol. The number of nitrogens with zero attached hydrogens (tertiary/aromatic N) is 1. The molecule has 19 heavy (non-hydrogen) atoms. The first-order chi connectivity index (χ1) is 8.99. The summed E-state index contributed by atoms with van der Waals surface area (Å²) in [5, 5.41) is 15.6. The standard InChI is InChI=1S/C11H20N4O4/c1-15-4-2-3-8(15)5-13-11(19)14-6-9(16)12-7-10(17)18/h8H,2-7H2,1H3,(H,12,16)(H,17,18)(H2,13,14,19). The maximum Gasteiger partial charge on any atom is 0.322 e. The van der Waals surface area contributed by atoms with E-state index in [9.17, 15) is 14.4 Å². The average Bonchev–Trinajstić information content (AvgIpc) is 2.77. The minimum Gasteiger partial charge on any atom is -0.480 e. The molecule has 0 aromatic carbocycles. The van der Waals surface area contributed by atoms with Gasteiger partial charge in [0, 0.05) is 12.6 Å². The van der Waals surface area contributed by atoms with Crippen LogP contribution in [-0.2, 0) is 9.59 Å². The van der Waals surface area contributed by atoms with Crippen molar-refractivity contribution in [3.05, 3.63) is 0 Å². The minimum atomic E-state index is -1.12. The monoisotopic (exact) mass is 272 g/mol. The van der Waals surface area contributed by atoms with Gasteiger partial charge in [0.25, 0.3) is 0 Å². The molecule has 4 N–H and O–H groups in total. The lowest BCUT2D eigenvalue weighted by atomic mass is 10.2. The molecule has 8 heteroatoms. The smallest absolute Gasteiger partial charge is 0.322 e. The highest BCUT2D eigenvalue weighted by Crippen LogP contribution is 2.13. The molecule has 3 amide bonds. The van der Waals surface area contributed by atoms with Crippen molar-refractivity contribution in [2.45, 2.75) is 18.9 Å².